The summed E-state index contributed by atoms with van der Waals surface area (Å²) < 4.78 is 63.6. The Morgan fingerprint density at radius 3 is 2.47 bits per heavy atom. The Balaban J connectivity index is 1.43. The first-order chi connectivity index (χ1) is 18.1. The van der Waals surface area contributed by atoms with Crippen LogP contribution in [0.3, 0.4) is 0 Å². The highest BCUT2D eigenvalue weighted by atomic mass is 32.2. The average Bonchev–Trinajstić information content (AvgIpc) is 2.85. The third-order valence-electron chi connectivity index (χ3n) is 7.03. The molecule has 0 radical (unpaired) electrons. The minimum atomic E-state index is -3.72. The predicted octanol–water partition coefficient (Wildman–Crippen LogP) is 5.28. The number of benzene rings is 3. The molecule has 0 aliphatic carbocycles. The summed E-state index contributed by atoms with van der Waals surface area (Å²) in [5.74, 6) is 0.630. The number of halogens is 2. The summed E-state index contributed by atoms with van der Waals surface area (Å²) in [6, 6.07) is 16.3. The second kappa shape index (κ2) is 10.4. The number of allylic oxidation sites excluding steroid dienone is 1. The van der Waals surface area contributed by atoms with Gasteiger partial charge in [0, 0.05) is 42.9 Å². The van der Waals surface area contributed by atoms with Gasteiger partial charge in [-0.05, 0) is 66.1 Å². The highest BCUT2D eigenvalue weighted by Gasteiger charge is 2.31. The normalized spacial score (nSPS) is 18.1. The summed E-state index contributed by atoms with van der Waals surface area (Å²) in [7, 11) is -3.72. The predicted molar refractivity (Wildman–Crippen MR) is 141 cm³/mol. The van der Waals surface area contributed by atoms with Crippen molar-refractivity contribution in [2.75, 3.05) is 39.2 Å². The first kappa shape index (κ1) is 26.2. The number of alkyl halides is 1. The molecule has 0 unspecified atom stereocenters. The number of phenolic OH excluding ortho intramolecular Hbond substituents is 1. The fraction of sp³-hybridized carbons (Fsp3) is 0.310. The number of rotatable bonds is 8. The van der Waals surface area contributed by atoms with E-state index >= 15 is 0 Å². The SMILES string of the molecule is CC1=C(c2ccc(S(C)(=O)=O)c(F)c2)[C@H](c2ccc(OCCN3CC(CF)C3)cc2)Oc2ccc(O)cc21. The van der Waals surface area contributed by atoms with Gasteiger partial charge in [0.25, 0.3) is 0 Å². The highest BCUT2D eigenvalue weighted by Crippen LogP contribution is 2.47. The number of fused-ring (bicyclic) bond motifs is 1. The molecule has 0 spiro atoms. The van der Waals surface area contributed by atoms with E-state index in [1.54, 1.807) is 24.3 Å². The number of aromatic hydroxyl groups is 1. The maximum absolute atomic E-state index is 14.9. The van der Waals surface area contributed by atoms with Crippen molar-refractivity contribution in [3.63, 3.8) is 0 Å². The molecule has 2 heterocycles. The molecule has 2 aliphatic heterocycles. The number of hydrogen-bond donors (Lipinski definition) is 1. The number of likely N-dealkylation sites (tertiary alicyclic amines) is 1. The van der Waals surface area contributed by atoms with E-state index in [1.165, 1.54) is 12.1 Å². The number of nitrogens with zero attached hydrogens (tertiary/aromatic N) is 1. The highest BCUT2D eigenvalue weighted by molar-refractivity contribution is 7.90. The van der Waals surface area contributed by atoms with Crippen LogP contribution >= 0.6 is 0 Å². The molecule has 3 aromatic rings. The van der Waals surface area contributed by atoms with Gasteiger partial charge in [0.2, 0.25) is 0 Å². The summed E-state index contributed by atoms with van der Waals surface area (Å²) in [6.07, 6.45) is 0.359. The van der Waals surface area contributed by atoms with Crippen molar-refractivity contribution in [3.05, 3.63) is 83.2 Å². The standard InChI is InChI=1S/C29H29F2NO5S/c1-18-24-14-22(33)6-9-26(24)37-29(28(18)21-5-10-27(25(31)13-21)38(2,34)35)20-3-7-23(8-4-20)36-12-11-32-16-19(15-30)17-32/h3-10,13-14,19,29,33H,11-12,15-17H2,1-2H3/t29-/m0/s1. The molecule has 0 amide bonds. The first-order valence-corrected chi connectivity index (χ1v) is 14.2. The molecule has 1 fully saturated rings. The van der Waals surface area contributed by atoms with Gasteiger partial charge in [0.1, 0.15) is 40.7 Å². The molecule has 2 aliphatic rings. The first-order valence-electron chi connectivity index (χ1n) is 12.4. The molecule has 0 bridgehead atoms. The second-order valence-corrected chi connectivity index (χ2v) is 11.8. The lowest BCUT2D eigenvalue weighted by Crippen LogP contribution is -2.49. The van der Waals surface area contributed by atoms with E-state index in [9.17, 15) is 22.3 Å². The van der Waals surface area contributed by atoms with Crippen molar-refractivity contribution in [2.24, 2.45) is 5.92 Å². The van der Waals surface area contributed by atoms with Crippen molar-refractivity contribution in [2.45, 2.75) is 17.9 Å². The maximum Gasteiger partial charge on any atom is 0.178 e. The van der Waals surface area contributed by atoms with Gasteiger partial charge < -0.3 is 14.6 Å². The van der Waals surface area contributed by atoms with Gasteiger partial charge in [-0.2, -0.15) is 0 Å². The zero-order valence-corrected chi connectivity index (χ0v) is 22.0. The van der Waals surface area contributed by atoms with Crippen LogP contribution in [0.25, 0.3) is 11.1 Å². The number of sulfone groups is 1. The molecular formula is C29H29F2NO5S. The van der Waals surface area contributed by atoms with Crippen LogP contribution in [0.4, 0.5) is 8.78 Å². The van der Waals surface area contributed by atoms with Gasteiger partial charge in [0.05, 0.1) is 6.67 Å². The Bertz CT molecular complexity index is 1480. The summed E-state index contributed by atoms with van der Waals surface area (Å²) >= 11 is 0. The van der Waals surface area contributed by atoms with E-state index in [0.29, 0.717) is 34.8 Å². The molecule has 1 N–H and O–H groups in total. The lowest BCUT2D eigenvalue weighted by Gasteiger charge is -2.37. The lowest BCUT2D eigenvalue weighted by molar-refractivity contribution is 0.0668. The van der Waals surface area contributed by atoms with Crippen molar-refractivity contribution >= 4 is 21.0 Å². The van der Waals surface area contributed by atoms with Crippen molar-refractivity contribution in [1.29, 1.82) is 0 Å². The Morgan fingerprint density at radius 2 is 1.82 bits per heavy atom. The van der Waals surface area contributed by atoms with Gasteiger partial charge in [0.15, 0.2) is 9.84 Å². The molecule has 5 rings (SSSR count). The lowest BCUT2D eigenvalue weighted by atomic mass is 9.86. The van der Waals surface area contributed by atoms with Crippen LogP contribution < -0.4 is 9.47 Å². The topological polar surface area (TPSA) is 76.1 Å². The molecule has 1 atom stereocenters. The zero-order chi connectivity index (χ0) is 27.0. The molecule has 3 aromatic carbocycles. The van der Waals surface area contributed by atoms with Gasteiger partial charge in [-0.1, -0.05) is 18.2 Å². The van der Waals surface area contributed by atoms with E-state index in [0.717, 1.165) is 37.0 Å². The third-order valence-corrected chi connectivity index (χ3v) is 8.16. The van der Waals surface area contributed by atoms with Crippen LogP contribution in [-0.2, 0) is 9.84 Å². The summed E-state index contributed by atoms with van der Waals surface area (Å²) in [6.45, 7) is 4.33. The fourth-order valence-electron chi connectivity index (χ4n) is 5.00. The molecule has 0 aromatic heterocycles. The van der Waals surface area contributed by atoms with Crippen LogP contribution in [0.15, 0.2) is 65.6 Å². The monoisotopic (exact) mass is 541 g/mol. The van der Waals surface area contributed by atoms with Crippen LogP contribution in [0, 0.1) is 11.7 Å². The van der Waals surface area contributed by atoms with Crippen LogP contribution in [-0.4, -0.2) is 57.6 Å². The third kappa shape index (κ3) is 5.26. The molecule has 38 heavy (non-hydrogen) atoms. The van der Waals surface area contributed by atoms with E-state index in [-0.39, 0.29) is 23.2 Å². The molecule has 0 saturated carbocycles. The van der Waals surface area contributed by atoms with Crippen LogP contribution in [0.5, 0.6) is 17.2 Å². The summed E-state index contributed by atoms with van der Waals surface area (Å²) in [4.78, 5) is 1.78. The zero-order valence-electron chi connectivity index (χ0n) is 21.2. The summed E-state index contributed by atoms with van der Waals surface area (Å²) in [5.41, 5.74) is 3.39. The van der Waals surface area contributed by atoms with Gasteiger partial charge >= 0.3 is 0 Å². The average molecular weight is 542 g/mol. The van der Waals surface area contributed by atoms with E-state index in [4.69, 9.17) is 9.47 Å². The van der Waals surface area contributed by atoms with Gasteiger partial charge in [-0.25, -0.2) is 12.8 Å². The quantitative estimate of drug-likeness (QED) is 0.418. The Morgan fingerprint density at radius 1 is 1.08 bits per heavy atom. The van der Waals surface area contributed by atoms with Crippen molar-refractivity contribution in [1.82, 2.24) is 4.90 Å². The van der Waals surface area contributed by atoms with E-state index < -0.39 is 21.8 Å². The number of ether oxygens (including phenoxy) is 2. The molecule has 9 heteroatoms. The van der Waals surface area contributed by atoms with Crippen LogP contribution in [0.1, 0.15) is 29.7 Å². The number of phenols is 1. The minimum absolute atomic E-state index is 0.0723. The minimum Gasteiger partial charge on any atom is -0.508 e. The van der Waals surface area contributed by atoms with Crippen LogP contribution in [0.2, 0.25) is 0 Å². The Kier molecular flexibility index (Phi) is 7.15. The van der Waals surface area contributed by atoms with E-state index in [1.807, 2.05) is 31.2 Å². The molecule has 6 nitrogen and oxygen atoms in total. The Labute approximate surface area is 221 Å². The Hall–Kier alpha value is -3.43. The smallest absolute Gasteiger partial charge is 0.178 e. The second-order valence-electron chi connectivity index (χ2n) is 9.83. The van der Waals surface area contributed by atoms with Gasteiger partial charge in [-0.3, -0.25) is 9.29 Å². The maximum atomic E-state index is 14.9. The largest absolute Gasteiger partial charge is 0.508 e. The molecule has 1 saturated heterocycles. The number of hydrogen-bond acceptors (Lipinski definition) is 6. The molecular weight excluding hydrogens is 512 g/mol. The summed E-state index contributed by atoms with van der Waals surface area (Å²) in [5, 5.41) is 10.1. The molecule has 200 valence electrons. The van der Waals surface area contributed by atoms with E-state index in [2.05, 4.69) is 4.90 Å². The fourth-order valence-corrected chi connectivity index (χ4v) is 5.73. The van der Waals surface area contributed by atoms with Crippen molar-refractivity contribution < 1.29 is 31.8 Å². The van der Waals surface area contributed by atoms with Gasteiger partial charge in [-0.15, -0.1) is 0 Å². The van der Waals surface area contributed by atoms with Crippen molar-refractivity contribution in [3.8, 4) is 17.2 Å².